The van der Waals surface area contributed by atoms with Gasteiger partial charge in [-0.25, -0.2) is 9.59 Å². The van der Waals surface area contributed by atoms with E-state index < -0.39 is 17.5 Å². The summed E-state index contributed by atoms with van der Waals surface area (Å²) >= 11 is 5.81. The number of hydrogen-bond acceptors (Lipinski definition) is 3. The molecule has 7 heteroatoms. The van der Waals surface area contributed by atoms with Crippen LogP contribution in [-0.4, -0.2) is 22.6 Å². The van der Waals surface area contributed by atoms with Gasteiger partial charge < -0.3 is 15.7 Å². The smallest absolute Gasteiger partial charge is 0.328 e. The molecule has 0 bridgehead atoms. The highest BCUT2D eigenvalue weighted by molar-refractivity contribution is 6.32. The number of hydrogen-bond donors (Lipinski definition) is 3. The van der Waals surface area contributed by atoms with Crippen molar-refractivity contribution < 1.29 is 14.7 Å². The quantitative estimate of drug-likeness (QED) is 0.790. The molecule has 0 spiro atoms. The van der Waals surface area contributed by atoms with Crippen molar-refractivity contribution in [3.8, 4) is 6.07 Å². The zero-order chi connectivity index (χ0) is 14.6. The predicted molar refractivity (Wildman–Crippen MR) is 70.0 cm³/mol. The lowest BCUT2D eigenvalue weighted by Crippen LogP contribution is -2.51. The van der Waals surface area contributed by atoms with Crippen molar-refractivity contribution in [2.75, 3.05) is 5.32 Å². The number of rotatable bonds is 3. The van der Waals surface area contributed by atoms with E-state index in [1.54, 1.807) is 0 Å². The number of nitrogens with zero attached hydrogens (tertiary/aromatic N) is 1. The minimum absolute atomic E-state index is 0.206. The largest absolute Gasteiger partial charge is 0.480 e. The first-order chi connectivity index (χ1) is 8.76. The molecule has 0 unspecified atom stereocenters. The highest BCUT2D eigenvalue weighted by Gasteiger charge is 2.28. The fourth-order valence-corrected chi connectivity index (χ4v) is 1.41. The predicted octanol–water partition coefficient (Wildman–Crippen LogP) is 2.20. The number of carbonyl (C=O) groups is 2. The van der Waals surface area contributed by atoms with Gasteiger partial charge in [0.25, 0.3) is 0 Å². The summed E-state index contributed by atoms with van der Waals surface area (Å²) < 4.78 is 0. The Morgan fingerprint density at radius 3 is 2.53 bits per heavy atom. The number of anilines is 1. The summed E-state index contributed by atoms with van der Waals surface area (Å²) in [5.41, 5.74) is -0.735. The molecule has 1 aromatic rings. The zero-order valence-corrected chi connectivity index (χ0v) is 11.1. The van der Waals surface area contributed by atoms with Gasteiger partial charge in [0.15, 0.2) is 0 Å². The van der Waals surface area contributed by atoms with Crippen LogP contribution in [0.2, 0.25) is 5.02 Å². The van der Waals surface area contributed by atoms with Crippen LogP contribution < -0.4 is 10.6 Å². The zero-order valence-electron chi connectivity index (χ0n) is 10.3. The molecule has 0 aliphatic heterocycles. The molecule has 0 atom stereocenters. The maximum atomic E-state index is 11.6. The highest BCUT2D eigenvalue weighted by atomic mass is 35.5. The first-order valence-electron chi connectivity index (χ1n) is 5.28. The van der Waals surface area contributed by atoms with E-state index in [1.165, 1.54) is 32.0 Å². The lowest BCUT2D eigenvalue weighted by molar-refractivity contribution is -0.142. The van der Waals surface area contributed by atoms with E-state index in [-0.39, 0.29) is 5.02 Å². The number of urea groups is 1. The van der Waals surface area contributed by atoms with Crippen molar-refractivity contribution in [3.05, 3.63) is 28.8 Å². The Labute approximate surface area is 115 Å². The van der Waals surface area contributed by atoms with Crippen LogP contribution in [0.1, 0.15) is 19.4 Å². The van der Waals surface area contributed by atoms with E-state index in [0.29, 0.717) is 11.3 Å². The standard InChI is InChI=1S/C12H12ClN3O3/c1-12(2,10(17)18)16-11(19)15-8-4-3-7(6-14)9(13)5-8/h3-5H,1-2H3,(H,17,18)(H2,15,16,19). The van der Waals surface area contributed by atoms with Crippen molar-refractivity contribution in [2.45, 2.75) is 19.4 Å². The van der Waals surface area contributed by atoms with Crippen LogP contribution in [-0.2, 0) is 4.79 Å². The Bertz CT molecular complexity index is 564. The number of aliphatic carboxylic acids is 1. The number of carbonyl (C=O) groups excluding carboxylic acids is 1. The van der Waals surface area contributed by atoms with Crippen molar-refractivity contribution >= 4 is 29.3 Å². The van der Waals surface area contributed by atoms with E-state index in [9.17, 15) is 9.59 Å². The lowest BCUT2D eigenvalue weighted by Gasteiger charge is -2.21. The van der Waals surface area contributed by atoms with Crippen LogP contribution in [0.4, 0.5) is 10.5 Å². The number of nitrogens with one attached hydrogen (secondary N) is 2. The maximum Gasteiger partial charge on any atom is 0.328 e. The average molecular weight is 282 g/mol. The van der Waals surface area contributed by atoms with Gasteiger partial charge in [0.05, 0.1) is 10.6 Å². The van der Waals surface area contributed by atoms with E-state index in [0.717, 1.165) is 0 Å². The molecule has 19 heavy (non-hydrogen) atoms. The van der Waals surface area contributed by atoms with Gasteiger partial charge in [0.1, 0.15) is 11.6 Å². The van der Waals surface area contributed by atoms with E-state index in [1.807, 2.05) is 6.07 Å². The topological polar surface area (TPSA) is 102 Å². The number of carboxylic acid groups (broad SMARTS) is 1. The molecular formula is C12H12ClN3O3. The second kappa shape index (κ2) is 5.59. The van der Waals surface area contributed by atoms with Gasteiger partial charge in [-0.2, -0.15) is 5.26 Å². The van der Waals surface area contributed by atoms with Crippen LogP contribution >= 0.6 is 11.6 Å². The molecule has 0 aliphatic rings. The molecule has 0 fully saturated rings. The van der Waals surface area contributed by atoms with Gasteiger partial charge in [0, 0.05) is 5.69 Å². The summed E-state index contributed by atoms with van der Waals surface area (Å²) in [7, 11) is 0. The minimum atomic E-state index is -1.39. The summed E-state index contributed by atoms with van der Waals surface area (Å²) in [5, 5.41) is 22.5. The van der Waals surface area contributed by atoms with Gasteiger partial charge in [-0.3, -0.25) is 0 Å². The van der Waals surface area contributed by atoms with E-state index >= 15 is 0 Å². The molecule has 0 heterocycles. The number of carboxylic acids is 1. The highest BCUT2D eigenvalue weighted by Crippen LogP contribution is 2.20. The van der Waals surface area contributed by atoms with Crippen molar-refractivity contribution in [1.29, 1.82) is 5.26 Å². The lowest BCUT2D eigenvalue weighted by atomic mass is 10.1. The molecule has 0 radical (unpaired) electrons. The monoisotopic (exact) mass is 281 g/mol. The van der Waals surface area contributed by atoms with Gasteiger partial charge in [-0.15, -0.1) is 0 Å². The van der Waals surface area contributed by atoms with Gasteiger partial charge in [-0.05, 0) is 32.0 Å². The van der Waals surface area contributed by atoms with E-state index in [2.05, 4.69) is 10.6 Å². The first kappa shape index (κ1) is 14.8. The molecular weight excluding hydrogens is 270 g/mol. The van der Waals surface area contributed by atoms with Crippen LogP contribution in [0, 0.1) is 11.3 Å². The normalized spacial score (nSPS) is 10.4. The Kier molecular flexibility index (Phi) is 4.35. The molecule has 6 nitrogen and oxygen atoms in total. The summed E-state index contributed by atoms with van der Waals surface area (Å²) in [6, 6.07) is 5.58. The van der Waals surface area contributed by atoms with Crippen molar-refractivity contribution in [1.82, 2.24) is 5.32 Å². The second-order valence-electron chi connectivity index (χ2n) is 4.32. The third-order valence-electron chi connectivity index (χ3n) is 2.31. The Morgan fingerprint density at radius 1 is 1.42 bits per heavy atom. The molecule has 100 valence electrons. The number of amides is 2. The summed E-state index contributed by atoms with van der Waals surface area (Å²) in [4.78, 5) is 22.5. The van der Waals surface area contributed by atoms with Gasteiger partial charge in [-0.1, -0.05) is 11.6 Å². The third-order valence-corrected chi connectivity index (χ3v) is 2.62. The first-order valence-corrected chi connectivity index (χ1v) is 5.66. The van der Waals surface area contributed by atoms with Gasteiger partial charge in [0.2, 0.25) is 0 Å². The van der Waals surface area contributed by atoms with Crippen LogP contribution in [0.5, 0.6) is 0 Å². The summed E-state index contributed by atoms with van der Waals surface area (Å²) in [6.07, 6.45) is 0. The van der Waals surface area contributed by atoms with E-state index in [4.69, 9.17) is 22.0 Å². The van der Waals surface area contributed by atoms with Crippen molar-refractivity contribution in [3.63, 3.8) is 0 Å². The molecule has 1 aromatic carbocycles. The molecule has 2 amide bonds. The minimum Gasteiger partial charge on any atom is -0.480 e. The van der Waals surface area contributed by atoms with Crippen LogP contribution in [0.25, 0.3) is 0 Å². The summed E-state index contributed by atoms with van der Waals surface area (Å²) in [6.45, 7) is 2.72. The fraction of sp³-hybridized carbons (Fsp3) is 0.250. The molecule has 0 aliphatic carbocycles. The molecule has 1 rings (SSSR count). The fourth-order valence-electron chi connectivity index (χ4n) is 1.18. The maximum absolute atomic E-state index is 11.6. The third kappa shape index (κ3) is 3.86. The van der Waals surface area contributed by atoms with Crippen molar-refractivity contribution in [2.24, 2.45) is 0 Å². The Morgan fingerprint density at radius 2 is 2.05 bits per heavy atom. The summed E-state index contributed by atoms with van der Waals surface area (Å²) in [5.74, 6) is -1.15. The molecule has 3 N–H and O–H groups in total. The van der Waals surface area contributed by atoms with Gasteiger partial charge >= 0.3 is 12.0 Å². The molecule has 0 saturated heterocycles. The van der Waals surface area contributed by atoms with Crippen LogP contribution in [0.15, 0.2) is 18.2 Å². The molecule has 0 aromatic heterocycles. The number of benzene rings is 1. The average Bonchev–Trinajstić information content (AvgIpc) is 2.28. The Balaban J connectivity index is 2.76. The molecule has 0 saturated carbocycles. The Hall–Kier alpha value is -2.26. The number of halogens is 1. The number of nitriles is 1. The second-order valence-corrected chi connectivity index (χ2v) is 4.72. The SMILES string of the molecule is CC(C)(NC(=O)Nc1ccc(C#N)c(Cl)c1)C(=O)O. The van der Waals surface area contributed by atoms with Crippen LogP contribution in [0.3, 0.4) is 0 Å².